The average Bonchev–Trinajstić information content (AvgIpc) is 2.79. The van der Waals surface area contributed by atoms with E-state index >= 15 is 0 Å². The fourth-order valence-electron chi connectivity index (χ4n) is 2.79. The van der Waals surface area contributed by atoms with Crippen molar-refractivity contribution < 1.29 is 22.7 Å². The first kappa shape index (κ1) is 21.8. The highest BCUT2D eigenvalue weighted by atomic mass is 32.2. The first-order chi connectivity index (χ1) is 14.8. The van der Waals surface area contributed by atoms with E-state index in [1.54, 1.807) is 36.4 Å². The van der Waals surface area contributed by atoms with Gasteiger partial charge in [-0.05, 0) is 54.6 Å². The molecule has 8 nitrogen and oxygen atoms in total. The number of methoxy groups -OCH3 is 1. The topological polar surface area (TPSA) is 114 Å². The molecule has 0 heterocycles. The third-order valence-electron chi connectivity index (χ3n) is 4.38. The number of sulfonamides is 1. The van der Waals surface area contributed by atoms with E-state index < -0.39 is 15.9 Å². The van der Waals surface area contributed by atoms with E-state index in [4.69, 9.17) is 4.74 Å². The van der Waals surface area contributed by atoms with Gasteiger partial charge in [-0.2, -0.15) is 0 Å². The molecule has 3 rings (SSSR count). The van der Waals surface area contributed by atoms with Crippen LogP contribution in [0.2, 0.25) is 0 Å². The molecule has 9 heteroatoms. The summed E-state index contributed by atoms with van der Waals surface area (Å²) in [5.74, 6) is -0.474. The van der Waals surface area contributed by atoms with Crippen molar-refractivity contribution in [3.63, 3.8) is 0 Å². The van der Waals surface area contributed by atoms with Gasteiger partial charge in [-0.3, -0.25) is 14.3 Å². The molecular weight excluding hydrogens is 418 g/mol. The summed E-state index contributed by atoms with van der Waals surface area (Å²) in [5, 5.41) is 5.19. The van der Waals surface area contributed by atoms with Crippen LogP contribution >= 0.6 is 0 Å². The highest BCUT2D eigenvalue weighted by molar-refractivity contribution is 7.92. The van der Waals surface area contributed by atoms with Crippen molar-refractivity contribution in [1.82, 2.24) is 5.32 Å². The monoisotopic (exact) mass is 439 g/mol. The average molecular weight is 439 g/mol. The Balaban J connectivity index is 1.76. The Kier molecular flexibility index (Phi) is 6.56. The Hall–Kier alpha value is -3.85. The zero-order chi connectivity index (χ0) is 22.4. The molecule has 31 heavy (non-hydrogen) atoms. The van der Waals surface area contributed by atoms with Crippen LogP contribution in [0.1, 0.15) is 20.7 Å². The Labute approximate surface area is 180 Å². The van der Waals surface area contributed by atoms with E-state index in [0.717, 1.165) is 0 Å². The van der Waals surface area contributed by atoms with Crippen molar-refractivity contribution in [1.29, 1.82) is 0 Å². The lowest BCUT2D eigenvalue weighted by Crippen LogP contribution is -2.20. The van der Waals surface area contributed by atoms with Crippen LogP contribution in [0.25, 0.3) is 0 Å². The Morgan fingerprint density at radius 2 is 1.48 bits per heavy atom. The summed E-state index contributed by atoms with van der Waals surface area (Å²) in [6, 6.07) is 19.0. The number of ether oxygens (including phenoxy) is 1. The quantitative estimate of drug-likeness (QED) is 0.524. The summed E-state index contributed by atoms with van der Waals surface area (Å²) >= 11 is 0. The smallest absolute Gasteiger partial charge is 0.261 e. The molecule has 0 unspecified atom stereocenters. The number of carbonyl (C=O) groups is 2. The third-order valence-corrected chi connectivity index (χ3v) is 5.76. The molecule has 160 valence electrons. The summed E-state index contributed by atoms with van der Waals surface area (Å²) in [5.41, 5.74) is 1.43. The molecule has 0 aliphatic heterocycles. The molecule has 0 aliphatic carbocycles. The van der Waals surface area contributed by atoms with Crippen LogP contribution in [0, 0.1) is 0 Å². The van der Waals surface area contributed by atoms with E-state index in [1.165, 1.54) is 44.5 Å². The zero-order valence-corrected chi connectivity index (χ0v) is 17.7. The van der Waals surface area contributed by atoms with Gasteiger partial charge in [0.05, 0.1) is 17.6 Å². The number of hydrogen-bond donors (Lipinski definition) is 3. The van der Waals surface area contributed by atoms with Gasteiger partial charge < -0.3 is 15.4 Å². The normalized spacial score (nSPS) is 10.8. The van der Waals surface area contributed by atoms with Crippen molar-refractivity contribution in [3.8, 4) is 5.75 Å². The molecule has 0 radical (unpaired) electrons. The number of hydrogen-bond acceptors (Lipinski definition) is 5. The second kappa shape index (κ2) is 9.31. The fraction of sp³-hybridized carbons (Fsp3) is 0.0909. The molecule has 3 aromatic rings. The van der Waals surface area contributed by atoms with Gasteiger partial charge >= 0.3 is 0 Å². The van der Waals surface area contributed by atoms with Crippen LogP contribution in [0.3, 0.4) is 0 Å². The molecule has 3 N–H and O–H groups in total. The Bertz CT molecular complexity index is 1190. The lowest BCUT2D eigenvalue weighted by molar-refractivity contribution is 0.0959. The molecule has 0 saturated carbocycles. The lowest BCUT2D eigenvalue weighted by atomic mass is 10.2. The first-order valence-corrected chi connectivity index (χ1v) is 10.7. The number of benzene rings is 3. The van der Waals surface area contributed by atoms with Crippen LogP contribution in [-0.2, 0) is 10.0 Å². The Morgan fingerprint density at radius 1 is 0.839 bits per heavy atom. The van der Waals surface area contributed by atoms with E-state index in [1.807, 2.05) is 6.07 Å². The zero-order valence-electron chi connectivity index (χ0n) is 16.9. The third kappa shape index (κ3) is 5.20. The van der Waals surface area contributed by atoms with Crippen LogP contribution < -0.4 is 20.1 Å². The number of nitrogens with one attached hydrogen (secondary N) is 3. The van der Waals surface area contributed by atoms with Gasteiger partial charge in [0.25, 0.3) is 21.8 Å². The van der Waals surface area contributed by atoms with E-state index in [9.17, 15) is 18.0 Å². The minimum absolute atomic E-state index is 0.0895. The molecule has 0 fully saturated rings. The summed E-state index contributed by atoms with van der Waals surface area (Å²) < 4.78 is 33.1. The molecule has 3 aromatic carbocycles. The van der Waals surface area contributed by atoms with Gasteiger partial charge in [-0.1, -0.05) is 18.2 Å². The molecule has 0 atom stereocenters. The van der Waals surface area contributed by atoms with E-state index in [-0.39, 0.29) is 22.1 Å². The van der Waals surface area contributed by atoms with E-state index in [0.29, 0.717) is 16.9 Å². The van der Waals surface area contributed by atoms with Crippen molar-refractivity contribution in [2.45, 2.75) is 4.90 Å². The van der Waals surface area contributed by atoms with Crippen molar-refractivity contribution in [3.05, 3.63) is 83.9 Å². The van der Waals surface area contributed by atoms with Gasteiger partial charge in [0, 0.05) is 24.0 Å². The second-order valence-corrected chi connectivity index (χ2v) is 8.13. The second-order valence-electron chi connectivity index (χ2n) is 6.44. The molecule has 0 aromatic heterocycles. The predicted molar refractivity (Wildman–Crippen MR) is 118 cm³/mol. The van der Waals surface area contributed by atoms with Crippen LogP contribution in [0.5, 0.6) is 5.75 Å². The standard InChI is InChI=1S/C22H21N3O5S/c1-23-22(27)19-14-18(12-13-20(19)30-2)31(28,29)25-17-10-8-16(9-11-17)24-21(26)15-6-4-3-5-7-15/h3-14,25H,1-2H3,(H,23,27)(H,24,26). The summed E-state index contributed by atoms with van der Waals surface area (Å²) in [4.78, 5) is 24.1. The molecule has 0 bridgehead atoms. The van der Waals surface area contributed by atoms with Crippen molar-refractivity contribution in [2.75, 3.05) is 24.2 Å². The molecule has 2 amide bonds. The van der Waals surface area contributed by atoms with Crippen molar-refractivity contribution >= 4 is 33.2 Å². The molecule has 0 aliphatic rings. The highest BCUT2D eigenvalue weighted by Crippen LogP contribution is 2.24. The lowest BCUT2D eigenvalue weighted by Gasteiger charge is -2.12. The van der Waals surface area contributed by atoms with Gasteiger partial charge in [-0.25, -0.2) is 8.42 Å². The number of rotatable bonds is 7. The van der Waals surface area contributed by atoms with Gasteiger partial charge in [0.2, 0.25) is 0 Å². The van der Waals surface area contributed by atoms with Crippen LogP contribution in [-0.4, -0.2) is 34.4 Å². The predicted octanol–water partition coefficient (Wildman–Crippen LogP) is 3.11. The number of amides is 2. The summed E-state index contributed by atoms with van der Waals surface area (Å²) in [6.45, 7) is 0. The first-order valence-electron chi connectivity index (χ1n) is 9.23. The van der Waals surface area contributed by atoms with Crippen LogP contribution in [0.15, 0.2) is 77.7 Å². The Morgan fingerprint density at radius 3 is 2.10 bits per heavy atom. The van der Waals surface area contributed by atoms with Crippen LogP contribution in [0.4, 0.5) is 11.4 Å². The number of carbonyl (C=O) groups excluding carboxylic acids is 2. The van der Waals surface area contributed by atoms with Gasteiger partial charge in [0.1, 0.15) is 5.75 Å². The summed E-state index contributed by atoms with van der Waals surface area (Å²) in [6.07, 6.45) is 0. The highest BCUT2D eigenvalue weighted by Gasteiger charge is 2.19. The SMILES string of the molecule is CNC(=O)c1cc(S(=O)(=O)Nc2ccc(NC(=O)c3ccccc3)cc2)ccc1OC. The fourth-order valence-corrected chi connectivity index (χ4v) is 3.88. The molecule has 0 spiro atoms. The van der Waals surface area contributed by atoms with Gasteiger partial charge in [-0.15, -0.1) is 0 Å². The number of anilines is 2. The maximum atomic E-state index is 12.8. The molecular formula is C22H21N3O5S. The maximum absolute atomic E-state index is 12.8. The maximum Gasteiger partial charge on any atom is 0.261 e. The summed E-state index contributed by atoms with van der Waals surface area (Å²) in [7, 11) is -1.12. The van der Waals surface area contributed by atoms with E-state index in [2.05, 4.69) is 15.4 Å². The minimum Gasteiger partial charge on any atom is -0.496 e. The van der Waals surface area contributed by atoms with Crippen molar-refractivity contribution in [2.24, 2.45) is 0 Å². The minimum atomic E-state index is -3.95. The van der Waals surface area contributed by atoms with Gasteiger partial charge in [0.15, 0.2) is 0 Å². The largest absolute Gasteiger partial charge is 0.496 e. The molecule has 0 saturated heterocycles.